The van der Waals surface area contributed by atoms with E-state index in [-0.39, 0.29) is 5.92 Å². The van der Waals surface area contributed by atoms with Gasteiger partial charge in [-0.3, -0.25) is 4.98 Å². The van der Waals surface area contributed by atoms with E-state index in [0.717, 1.165) is 23.1 Å². The molecule has 0 spiro atoms. The summed E-state index contributed by atoms with van der Waals surface area (Å²) in [6.07, 6.45) is 3.86. The third-order valence-corrected chi connectivity index (χ3v) is 5.07. The van der Waals surface area contributed by atoms with Crippen LogP contribution in [0.4, 0.5) is 0 Å². The Morgan fingerprint density at radius 3 is 2.95 bits per heavy atom. The maximum atomic E-state index is 11.5. The summed E-state index contributed by atoms with van der Waals surface area (Å²) in [5, 5.41) is 0.984. The molecule has 1 atom stereocenters. The third kappa shape index (κ3) is 3.16. The van der Waals surface area contributed by atoms with Gasteiger partial charge in [-0.1, -0.05) is 6.07 Å². The van der Waals surface area contributed by atoms with Gasteiger partial charge in [0.1, 0.15) is 5.75 Å². The summed E-state index contributed by atoms with van der Waals surface area (Å²) in [5.74, 6) is 1.05. The number of hydrogen-bond acceptors (Lipinski definition) is 4. The molecule has 1 fully saturated rings. The fraction of sp³-hybridized carbons (Fsp3) is 0.400. The summed E-state index contributed by atoms with van der Waals surface area (Å²) < 4.78 is 30.4. The lowest BCUT2D eigenvalue weighted by molar-refractivity contribution is 0.258. The van der Waals surface area contributed by atoms with Crippen molar-refractivity contribution in [2.24, 2.45) is 5.92 Å². The minimum Gasteiger partial charge on any atom is -0.493 e. The fourth-order valence-electron chi connectivity index (χ4n) is 2.64. The molecular weight excluding hydrogens is 288 g/mol. The Kier molecular flexibility index (Phi) is 3.82. The molecule has 3 rings (SSSR count). The summed E-state index contributed by atoms with van der Waals surface area (Å²) in [6, 6.07) is 9.66. The Labute approximate surface area is 124 Å². The van der Waals surface area contributed by atoms with Gasteiger partial charge < -0.3 is 4.74 Å². The summed E-state index contributed by atoms with van der Waals surface area (Å²) >= 11 is 0. The van der Waals surface area contributed by atoms with E-state index in [9.17, 15) is 8.42 Å². The first-order valence-electron chi connectivity index (χ1n) is 6.96. The van der Waals surface area contributed by atoms with Crippen molar-refractivity contribution >= 4 is 20.9 Å². The number of fused-ring (bicyclic) bond motifs is 1. The molecule has 5 nitrogen and oxygen atoms in total. The van der Waals surface area contributed by atoms with Crippen LogP contribution in [0.5, 0.6) is 5.75 Å². The SMILES string of the molecule is CS(=O)(=O)N1CC[C@H](COc2cccc3ncccc23)C1. The molecule has 1 aliphatic rings. The maximum absolute atomic E-state index is 11.5. The first-order valence-corrected chi connectivity index (χ1v) is 8.80. The Bertz CT molecular complexity index is 740. The first kappa shape index (κ1) is 14.3. The highest BCUT2D eigenvalue weighted by molar-refractivity contribution is 7.88. The monoisotopic (exact) mass is 306 g/mol. The summed E-state index contributed by atoms with van der Waals surface area (Å²) in [6.45, 7) is 1.66. The number of benzene rings is 1. The van der Waals surface area contributed by atoms with Gasteiger partial charge in [0.25, 0.3) is 0 Å². The van der Waals surface area contributed by atoms with Crippen molar-refractivity contribution in [3.8, 4) is 5.75 Å². The highest BCUT2D eigenvalue weighted by atomic mass is 32.2. The molecule has 0 N–H and O–H groups in total. The molecule has 1 aliphatic heterocycles. The van der Waals surface area contributed by atoms with Gasteiger partial charge in [-0.25, -0.2) is 12.7 Å². The second-order valence-electron chi connectivity index (χ2n) is 5.41. The van der Waals surface area contributed by atoms with Gasteiger partial charge >= 0.3 is 0 Å². The molecule has 1 aromatic carbocycles. The minimum atomic E-state index is -3.09. The van der Waals surface area contributed by atoms with Gasteiger partial charge in [0, 0.05) is 30.6 Å². The third-order valence-electron chi connectivity index (χ3n) is 3.80. The van der Waals surface area contributed by atoms with Gasteiger partial charge in [0.15, 0.2) is 0 Å². The van der Waals surface area contributed by atoms with E-state index in [2.05, 4.69) is 4.98 Å². The fourth-order valence-corrected chi connectivity index (χ4v) is 3.56. The van der Waals surface area contributed by atoms with E-state index in [1.165, 1.54) is 10.6 Å². The molecule has 0 aliphatic carbocycles. The standard InChI is InChI=1S/C15H18N2O3S/c1-21(18,19)17-9-7-12(10-17)11-20-15-6-2-5-14-13(15)4-3-8-16-14/h2-6,8,12H,7,9-11H2,1H3/t12-/m0/s1. The average molecular weight is 306 g/mol. The number of sulfonamides is 1. The van der Waals surface area contributed by atoms with E-state index >= 15 is 0 Å². The van der Waals surface area contributed by atoms with Crippen LogP contribution in [0.2, 0.25) is 0 Å². The van der Waals surface area contributed by atoms with E-state index in [4.69, 9.17) is 4.74 Å². The number of aromatic nitrogens is 1. The van der Waals surface area contributed by atoms with Gasteiger partial charge in [0.2, 0.25) is 10.0 Å². The highest BCUT2D eigenvalue weighted by Crippen LogP contribution is 2.26. The van der Waals surface area contributed by atoms with Gasteiger partial charge in [-0.2, -0.15) is 0 Å². The molecule has 0 amide bonds. The summed E-state index contributed by atoms with van der Waals surface area (Å²) in [5.41, 5.74) is 0.902. The van der Waals surface area contributed by atoms with Crippen molar-refractivity contribution in [1.29, 1.82) is 0 Å². The largest absolute Gasteiger partial charge is 0.493 e. The molecule has 21 heavy (non-hydrogen) atoms. The van der Waals surface area contributed by atoms with Crippen LogP contribution in [0.3, 0.4) is 0 Å². The zero-order valence-electron chi connectivity index (χ0n) is 11.9. The van der Waals surface area contributed by atoms with Crippen LogP contribution in [-0.2, 0) is 10.0 Å². The topological polar surface area (TPSA) is 59.5 Å². The number of rotatable bonds is 4. The number of pyridine rings is 1. The molecule has 2 aromatic rings. The Hall–Kier alpha value is -1.66. The van der Waals surface area contributed by atoms with Crippen LogP contribution in [0.1, 0.15) is 6.42 Å². The number of ether oxygens (including phenoxy) is 1. The lowest BCUT2D eigenvalue weighted by Crippen LogP contribution is -2.28. The predicted octanol–water partition coefficient (Wildman–Crippen LogP) is 1.90. The van der Waals surface area contributed by atoms with Crippen molar-refractivity contribution < 1.29 is 13.2 Å². The molecule has 0 unspecified atom stereocenters. The normalized spacial score (nSPS) is 20.0. The lowest BCUT2D eigenvalue weighted by atomic mass is 10.1. The van der Waals surface area contributed by atoms with Crippen molar-refractivity contribution in [2.75, 3.05) is 26.0 Å². The van der Waals surface area contributed by atoms with Crippen LogP contribution in [-0.4, -0.2) is 43.7 Å². The van der Waals surface area contributed by atoms with Crippen molar-refractivity contribution in [2.45, 2.75) is 6.42 Å². The molecule has 0 bridgehead atoms. The van der Waals surface area contributed by atoms with E-state index < -0.39 is 10.0 Å². The molecule has 2 heterocycles. The van der Waals surface area contributed by atoms with Crippen LogP contribution >= 0.6 is 0 Å². The number of hydrogen-bond donors (Lipinski definition) is 0. The highest BCUT2D eigenvalue weighted by Gasteiger charge is 2.28. The summed E-state index contributed by atoms with van der Waals surface area (Å²) in [7, 11) is -3.09. The second-order valence-corrected chi connectivity index (χ2v) is 7.40. The van der Waals surface area contributed by atoms with Gasteiger partial charge in [-0.15, -0.1) is 0 Å². The quantitative estimate of drug-likeness (QED) is 0.865. The van der Waals surface area contributed by atoms with Crippen molar-refractivity contribution in [3.05, 3.63) is 36.5 Å². The van der Waals surface area contributed by atoms with Crippen LogP contribution in [0, 0.1) is 5.92 Å². The maximum Gasteiger partial charge on any atom is 0.211 e. The van der Waals surface area contributed by atoms with Crippen LogP contribution in [0.15, 0.2) is 36.5 Å². The summed E-state index contributed by atoms with van der Waals surface area (Å²) in [4.78, 5) is 4.30. The molecule has 0 saturated carbocycles. The molecule has 6 heteroatoms. The zero-order valence-corrected chi connectivity index (χ0v) is 12.7. The minimum absolute atomic E-state index is 0.242. The average Bonchev–Trinajstić information content (AvgIpc) is 2.94. The first-order chi connectivity index (χ1) is 10.0. The van der Waals surface area contributed by atoms with Gasteiger partial charge in [-0.05, 0) is 30.7 Å². The molecule has 1 saturated heterocycles. The second kappa shape index (κ2) is 5.61. The zero-order chi connectivity index (χ0) is 14.9. The molecule has 112 valence electrons. The van der Waals surface area contributed by atoms with Crippen molar-refractivity contribution in [1.82, 2.24) is 9.29 Å². The lowest BCUT2D eigenvalue weighted by Gasteiger charge is -2.15. The molecular formula is C15H18N2O3S. The Morgan fingerprint density at radius 2 is 2.19 bits per heavy atom. The van der Waals surface area contributed by atoms with E-state index in [0.29, 0.717) is 19.7 Å². The number of nitrogens with zero attached hydrogens (tertiary/aromatic N) is 2. The molecule has 0 radical (unpaired) electrons. The Balaban J connectivity index is 1.68. The Morgan fingerprint density at radius 1 is 1.33 bits per heavy atom. The van der Waals surface area contributed by atoms with E-state index in [1.807, 2.05) is 30.3 Å². The smallest absolute Gasteiger partial charge is 0.211 e. The predicted molar refractivity (Wildman–Crippen MR) is 81.8 cm³/mol. The van der Waals surface area contributed by atoms with Crippen molar-refractivity contribution in [3.63, 3.8) is 0 Å². The van der Waals surface area contributed by atoms with Crippen LogP contribution < -0.4 is 4.74 Å². The van der Waals surface area contributed by atoms with Crippen LogP contribution in [0.25, 0.3) is 10.9 Å². The van der Waals surface area contributed by atoms with E-state index in [1.54, 1.807) is 6.20 Å². The van der Waals surface area contributed by atoms with Gasteiger partial charge in [0.05, 0.1) is 18.4 Å². The molecule has 1 aromatic heterocycles.